The lowest BCUT2D eigenvalue weighted by molar-refractivity contribution is 0.328. The van der Waals surface area contributed by atoms with Crippen molar-refractivity contribution in [1.82, 2.24) is 9.97 Å². The number of anilines is 1. The van der Waals surface area contributed by atoms with Crippen LogP contribution in [0.4, 0.5) is 5.69 Å². The Balaban J connectivity index is 2.41. The SMILES string of the molecule is COc1nc(OC)c(N2CCCCC2)c(OC)n1. The average molecular weight is 253 g/mol. The summed E-state index contributed by atoms with van der Waals surface area (Å²) in [4.78, 5) is 10.6. The molecule has 6 nitrogen and oxygen atoms in total. The van der Waals surface area contributed by atoms with Gasteiger partial charge in [-0.2, -0.15) is 9.97 Å². The smallest absolute Gasteiger partial charge is 0.322 e. The van der Waals surface area contributed by atoms with Crippen LogP contribution in [0.5, 0.6) is 17.8 Å². The van der Waals surface area contributed by atoms with E-state index in [0.717, 1.165) is 18.8 Å². The van der Waals surface area contributed by atoms with Crippen molar-refractivity contribution in [3.63, 3.8) is 0 Å². The van der Waals surface area contributed by atoms with Gasteiger partial charge in [0.25, 0.3) is 0 Å². The van der Waals surface area contributed by atoms with Crippen LogP contribution < -0.4 is 19.1 Å². The fraction of sp³-hybridized carbons (Fsp3) is 0.667. The molecule has 0 radical (unpaired) electrons. The monoisotopic (exact) mass is 253 g/mol. The quantitative estimate of drug-likeness (QED) is 0.810. The second-order valence-corrected chi connectivity index (χ2v) is 4.13. The Kier molecular flexibility index (Phi) is 4.07. The molecule has 0 N–H and O–H groups in total. The highest BCUT2D eigenvalue weighted by atomic mass is 16.5. The Labute approximate surface area is 107 Å². The van der Waals surface area contributed by atoms with E-state index in [0.29, 0.717) is 11.8 Å². The maximum absolute atomic E-state index is 5.33. The van der Waals surface area contributed by atoms with Gasteiger partial charge < -0.3 is 19.1 Å². The van der Waals surface area contributed by atoms with E-state index < -0.39 is 0 Å². The number of piperidine rings is 1. The van der Waals surface area contributed by atoms with Crippen molar-refractivity contribution in [1.29, 1.82) is 0 Å². The summed E-state index contributed by atoms with van der Waals surface area (Å²) in [6.45, 7) is 1.95. The van der Waals surface area contributed by atoms with E-state index in [4.69, 9.17) is 14.2 Å². The van der Waals surface area contributed by atoms with Crippen molar-refractivity contribution >= 4 is 5.69 Å². The van der Waals surface area contributed by atoms with E-state index in [1.54, 1.807) is 14.2 Å². The molecular formula is C12H19N3O3. The predicted octanol–water partition coefficient (Wildman–Crippen LogP) is 1.49. The Morgan fingerprint density at radius 3 is 1.83 bits per heavy atom. The van der Waals surface area contributed by atoms with Gasteiger partial charge in [0.15, 0.2) is 5.69 Å². The molecule has 0 spiro atoms. The zero-order valence-corrected chi connectivity index (χ0v) is 11.1. The zero-order valence-electron chi connectivity index (χ0n) is 11.1. The minimum Gasteiger partial charge on any atom is -0.479 e. The molecule has 0 bridgehead atoms. The molecule has 1 aliphatic heterocycles. The zero-order chi connectivity index (χ0) is 13.0. The number of hydrogen-bond donors (Lipinski definition) is 0. The van der Waals surface area contributed by atoms with Gasteiger partial charge >= 0.3 is 6.01 Å². The highest BCUT2D eigenvalue weighted by Gasteiger charge is 2.23. The topological polar surface area (TPSA) is 56.7 Å². The van der Waals surface area contributed by atoms with E-state index in [9.17, 15) is 0 Å². The Morgan fingerprint density at radius 1 is 0.833 bits per heavy atom. The standard InChI is InChI=1S/C12H19N3O3/c1-16-10-9(15-7-5-4-6-8-15)11(17-2)14-12(13-10)18-3/h4-8H2,1-3H3. The summed E-state index contributed by atoms with van der Waals surface area (Å²) >= 11 is 0. The molecule has 2 heterocycles. The average Bonchev–Trinajstić information content (AvgIpc) is 2.46. The summed E-state index contributed by atoms with van der Waals surface area (Å²) in [6.07, 6.45) is 3.59. The fourth-order valence-corrected chi connectivity index (χ4v) is 2.16. The van der Waals surface area contributed by atoms with Crippen LogP contribution in [0.3, 0.4) is 0 Å². The van der Waals surface area contributed by atoms with Gasteiger partial charge in [-0.15, -0.1) is 0 Å². The number of aromatic nitrogens is 2. The second kappa shape index (κ2) is 5.75. The molecule has 0 saturated carbocycles. The summed E-state index contributed by atoms with van der Waals surface area (Å²) < 4.78 is 15.7. The third kappa shape index (κ3) is 2.42. The molecular weight excluding hydrogens is 234 g/mol. The highest BCUT2D eigenvalue weighted by Crippen LogP contribution is 2.37. The van der Waals surface area contributed by atoms with Crippen LogP contribution in [0.2, 0.25) is 0 Å². The van der Waals surface area contributed by atoms with Gasteiger partial charge in [-0.25, -0.2) is 0 Å². The van der Waals surface area contributed by atoms with Crippen LogP contribution in [0, 0.1) is 0 Å². The van der Waals surface area contributed by atoms with Crippen molar-refractivity contribution in [3.05, 3.63) is 0 Å². The number of rotatable bonds is 4. The second-order valence-electron chi connectivity index (χ2n) is 4.13. The van der Waals surface area contributed by atoms with Crippen molar-refractivity contribution in [2.24, 2.45) is 0 Å². The minimum absolute atomic E-state index is 0.254. The van der Waals surface area contributed by atoms with Gasteiger partial charge in [0.1, 0.15) is 0 Å². The van der Waals surface area contributed by atoms with Gasteiger partial charge in [0, 0.05) is 13.1 Å². The summed E-state index contributed by atoms with van der Waals surface area (Å²) in [6, 6.07) is 0.254. The molecule has 18 heavy (non-hydrogen) atoms. The van der Waals surface area contributed by atoms with Crippen LogP contribution in [-0.4, -0.2) is 44.4 Å². The molecule has 6 heteroatoms. The fourth-order valence-electron chi connectivity index (χ4n) is 2.16. The molecule has 0 aromatic carbocycles. The number of methoxy groups -OCH3 is 3. The maximum Gasteiger partial charge on any atom is 0.322 e. The third-order valence-corrected chi connectivity index (χ3v) is 3.04. The molecule has 0 aliphatic carbocycles. The maximum atomic E-state index is 5.33. The van der Waals surface area contributed by atoms with Gasteiger partial charge in [0.05, 0.1) is 21.3 Å². The molecule has 1 aromatic rings. The van der Waals surface area contributed by atoms with E-state index in [1.807, 2.05) is 0 Å². The molecule has 0 amide bonds. The first kappa shape index (κ1) is 12.7. The lowest BCUT2D eigenvalue weighted by atomic mass is 10.1. The summed E-state index contributed by atoms with van der Waals surface area (Å²) in [5.41, 5.74) is 0.820. The van der Waals surface area contributed by atoms with Crippen molar-refractivity contribution < 1.29 is 14.2 Å². The molecule has 1 aliphatic rings. The normalized spacial score (nSPS) is 15.4. The summed E-state index contributed by atoms with van der Waals surface area (Å²) in [5, 5.41) is 0. The lowest BCUT2D eigenvalue weighted by Crippen LogP contribution is -2.30. The molecule has 2 rings (SSSR count). The van der Waals surface area contributed by atoms with Crippen LogP contribution in [-0.2, 0) is 0 Å². The third-order valence-electron chi connectivity index (χ3n) is 3.04. The number of nitrogens with zero attached hydrogens (tertiary/aromatic N) is 3. The Bertz CT molecular complexity index is 381. The first-order chi connectivity index (χ1) is 8.80. The molecule has 1 saturated heterocycles. The summed E-state index contributed by atoms with van der Waals surface area (Å²) in [5.74, 6) is 1.00. The first-order valence-electron chi connectivity index (χ1n) is 6.09. The van der Waals surface area contributed by atoms with E-state index in [-0.39, 0.29) is 6.01 Å². The van der Waals surface area contributed by atoms with E-state index in [2.05, 4.69) is 14.9 Å². The highest BCUT2D eigenvalue weighted by molar-refractivity contribution is 5.63. The first-order valence-corrected chi connectivity index (χ1v) is 6.09. The molecule has 1 fully saturated rings. The Morgan fingerprint density at radius 2 is 1.39 bits per heavy atom. The van der Waals surface area contributed by atoms with Gasteiger partial charge in [0.2, 0.25) is 11.8 Å². The van der Waals surface area contributed by atoms with Gasteiger partial charge in [-0.3, -0.25) is 0 Å². The van der Waals surface area contributed by atoms with Crippen LogP contribution in [0.25, 0.3) is 0 Å². The largest absolute Gasteiger partial charge is 0.479 e. The van der Waals surface area contributed by atoms with Crippen molar-refractivity contribution in [3.8, 4) is 17.8 Å². The van der Waals surface area contributed by atoms with Gasteiger partial charge in [-0.1, -0.05) is 0 Å². The number of hydrogen-bond acceptors (Lipinski definition) is 6. The Hall–Kier alpha value is -1.72. The van der Waals surface area contributed by atoms with E-state index >= 15 is 0 Å². The number of ether oxygens (including phenoxy) is 3. The predicted molar refractivity (Wildman–Crippen MR) is 67.8 cm³/mol. The molecule has 100 valence electrons. The van der Waals surface area contributed by atoms with Crippen LogP contribution in [0.15, 0.2) is 0 Å². The van der Waals surface area contributed by atoms with E-state index in [1.165, 1.54) is 26.4 Å². The van der Waals surface area contributed by atoms with Crippen molar-refractivity contribution in [2.75, 3.05) is 39.3 Å². The summed E-state index contributed by atoms with van der Waals surface area (Å²) in [7, 11) is 4.71. The molecule has 0 atom stereocenters. The van der Waals surface area contributed by atoms with Crippen LogP contribution in [0.1, 0.15) is 19.3 Å². The molecule has 0 unspecified atom stereocenters. The van der Waals surface area contributed by atoms with Crippen molar-refractivity contribution in [2.45, 2.75) is 19.3 Å². The van der Waals surface area contributed by atoms with Crippen LogP contribution >= 0.6 is 0 Å². The lowest BCUT2D eigenvalue weighted by Gasteiger charge is -2.30. The van der Waals surface area contributed by atoms with Gasteiger partial charge in [-0.05, 0) is 19.3 Å². The minimum atomic E-state index is 0.254. The molecule has 1 aromatic heterocycles.